The lowest BCUT2D eigenvalue weighted by atomic mass is 10.3. The van der Waals surface area contributed by atoms with Gasteiger partial charge in [-0.2, -0.15) is 9.40 Å². The Morgan fingerprint density at radius 2 is 1.85 bits per heavy atom. The van der Waals surface area contributed by atoms with Crippen LogP contribution in [0.1, 0.15) is 5.69 Å². The molecule has 1 aromatic heterocycles. The summed E-state index contributed by atoms with van der Waals surface area (Å²) in [6.07, 6.45) is 1.42. The zero-order chi connectivity index (χ0) is 14.9. The van der Waals surface area contributed by atoms with Crippen LogP contribution in [0.4, 0.5) is 13.2 Å². The Morgan fingerprint density at radius 1 is 1.20 bits per heavy atom. The second kappa shape index (κ2) is 5.25. The first-order valence-corrected chi connectivity index (χ1v) is 6.85. The van der Waals surface area contributed by atoms with Gasteiger partial charge in [0.15, 0.2) is 11.6 Å². The Morgan fingerprint density at radius 3 is 2.45 bits per heavy atom. The molecule has 1 heterocycles. The fourth-order valence-corrected chi connectivity index (χ4v) is 2.77. The van der Waals surface area contributed by atoms with Crippen LogP contribution in [-0.4, -0.2) is 30.0 Å². The van der Waals surface area contributed by atoms with Crippen molar-refractivity contribution in [2.45, 2.75) is 11.4 Å². The minimum absolute atomic E-state index is 0.110. The van der Waals surface area contributed by atoms with Crippen molar-refractivity contribution in [1.82, 2.24) is 14.5 Å². The largest absolute Gasteiger partial charge is 0.281 e. The molecule has 0 bridgehead atoms. The summed E-state index contributed by atoms with van der Waals surface area (Å²) in [5, 5.41) is 6.19. The van der Waals surface area contributed by atoms with E-state index in [4.69, 9.17) is 0 Å². The van der Waals surface area contributed by atoms with Crippen LogP contribution in [0.5, 0.6) is 0 Å². The number of halogens is 3. The molecule has 0 spiro atoms. The third kappa shape index (κ3) is 2.68. The molecule has 108 valence electrons. The van der Waals surface area contributed by atoms with E-state index in [1.54, 1.807) is 0 Å². The molecule has 0 aliphatic rings. The topological polar surface area (TPSA) is 66.1 Å². The van der Waals surface area contributed by atoms with Crippen molar-refractivity contribution in [2.24, 2.45) is 0 Å². The van der Waals surface area contributed by atoms with Gasteiger partial charge in [0, 0.05) is 19.3 Å². The third-order valence-electron chi connectivity index (χ3n) is 2.61. The van der Waals surface area contributed by atoms with E-state index in [9.17, 15) is 21.6 Å². The van der Waals surface area contributed by atoms with Gasteiger partial charge in [-0.25, -0.2) is 21.6 Å². The Kier molecular flexibility index (Phi) is 3.82. The van der Waals surface area contributed by atoms with Crippen molar-refractivity contribution in [3.05, 3.63) is 47.5 Å². The van der Waals surface area contributed by atoms with Crippen LogP contribution in [0.3, 0.4) is 0 Å². The Hall–Kier alpha value is -1.87. The second-order valence-corrected chi connectivity index (χ2v) is 6.05. The Balaban J connectivity index is 2.37. The molecule has 0 fully saturated rings. The molecule has 20 heavy (non-hydrogen) atoms. The van der Waals surface area contributed by atoms with Gasteiger partial charge < -0.3 is 0 Å². The molecular weight excluding hydrogens is 295 g/mol. The zero-order valence-corrected chi connectivity index (χ0v) is 11.1. The van der Waals surface area contributed by atoms with Crippen LogP contribution in [0, 0.1) is 17.5 Å². The SMILES string of the molecule is CN(Cc1ccn[nH]1)S(=O)(=O)c1cc(F)c(F)cc1F. The van der Waals surface area contributed by atoms with Gasteiger partial charge in [0.05, 0.1) is 12.2 Å². The van der Waals surface area contributed by atoms with Crippen LogP contribution in [0.2, 0.25) is 0 Å². The van der Waals surface area contributed by atoms with Crippen molar-refractivity contribution in [3.8, 4) is 0 Å². The summed E-state index contributed by atoms with van der Waals surface area (Å²) in [6, 6.07) is 2.06. The lowest BCUT2D eigenvalue weighted by Gasteiger charge is -2.16. The van der Waals surface area contributed by atoms with Crippen LogP contribution in [0.15, 0.2) is 29.3 Å². The van der Waals surface area contributed by atoms with E-state index < -0.39 is 32.4 Å². The van der Waals surface area contributed by atoms with Crippen molar-refractivity contribution < 1.29 is 21.6 Å². The standard InChI is InChI=1S/C11H10F3N3O2S/c1-17(6-7-2-3-15-16-7)20(18,19)11-5-9(13)8(12)4-10(11)14/h2-5H,6H2,1H3,(H,15,16). The predicted octanol–water partition coefficient (Wildman–Crippen LogP) is 1.65. The van der Waals surface area contributed by atoms with E-state index >= 15 is 0 Å². The highest BCUT2D eigenvalue weighted by Crippen LogP contribution is 2.22. The molecule has 0 unspecified atom stereocenters. The van der Waals surface area contributed by atoms with E-state index in [2.05, 4.69) is 10.2 Å². The molecule has 0 atom stereocenters. The first-order chi connectivity index (χ1) is 9.32. The lowest BCUT2D eigenvalue weighted by molar-refractivity contribution is 0.447. The lowest BCUT2D eigenvalue weighted by Crippen LogP contribution is -2.27. The highest BCUT2D eigenvalue weighted by atomic mass is 32.2. The number of aromatic nitrogens is 2. The summed E-state index contributed by atoms with van der Waals surface area (Å²) in [5.41, 5.74) is 0.471. The van der Waals surface area contributed by atoms with Crippen LogP contribution in [0.25, 0.3) is 0 Å². The predicted molar refractivity (Wildman–Crippen MR) is 63.6 cm³/mol. The van der Waals surface area contributed by atoms with Crippen LogP contribution < -0.4 is 0 Å². The molecule has 0 saturated carbocycles. The fourth-order valence-electron chi connectivity index (χ4n) is 1.57. The van der Waals surface area contributed by atoms with Gasteiger partial charge in [0.2, 0.25) is 10.0 Å². The minimum Gasteiger partial charge on any atom is -0.281 e. The smallest absolute Gasteiger partial charge is 0.246 e. The number of hydrogen-bond acceptors (Lipinski definition) is 3. The number of nitrogens with zero attached hydrogens (tertiary/aromatic N) is 2. The van der Waals surface area contributed by atoms with Gasteiger partial charge in [-0.3, -0.25) is 5.10 Å². The third-order valence-corrected chi connectivity index (χ3v) is 4.43. The molecule has 0 aliphatic carbocycles. The number of benzene rings is 1. The van der Waals surface area contributed by atoms with Crippen LogP contribution in [-0.2, 0) is 16.6 Å². The van der Waals surface area contributed by atoms with Crippen LogP contribution >= 0.6 is 0 Å². The summed E-state index contributed by atoms with van der Waals surface area (Å²) in [7, 11) is -3.09. The normalized spacial score (nSPS) is 12.1. The summed E-state index contributed by atoms with van der Waals surface area (Å²) >= 11 is 0. The molecule has 0 aliphatic heterocycles. The number of sulfonamides is 1. The number of aromatic amines is 1. The fraction of sp³-hybridized carbons (Fsp3) is 0.182. The van der Waals surface area contributed by atoms with E-state index in [0.29, 0.717) is 11.8 Å². The number of hydrogen-bond donors (Lipinski definition) is 1. The molecular formula is C11H10F3N3O2S. The molecule has 2 rings (SSSR count). The monoisotopic (exact) mass is 305 g/mol. The Bertz CT molecular complexity index is 717. The molecule has 0 radical (unpaired) electrons. The molecule has 1 N–H and O–H groups in total. The summed E-state index contributed by atoms with van der Waals surface area (Å²) in [5.74, 6) is -4.22. The van der Waals surface area contributed by atoms with Gasteiger partial charge in [0.1, 0.15) is 10.7 Å². The van der Waals surface area contributed by atoms with Gasteiger partial charge in [-0.15, -0.1) is 0 Å². The van der Waals surface area contributed by atoms with E-state index in [1.165, 1.54) is 19.3 Å². The van der Waals surface area contributed by atoms with Gasteiger partial charge >= 0.3 is 0 Å². The summed E-state index contributed by atoms with van der Waals surface area (Å²) < 4.78 is 64.5. The van der Waals surface area contributed by atoms with Gasteiger partial charge in [0.25, 0.3) is 0 Å². The molecule has 2 aromatic rings. The van der Waals surface area contributed by atoms with Crippen molar-refractivity contribution in [1.29, 1.82) is 0 Å². The Labute approximate surface area is 113 Å². The molecule has 0 saturated heterocycles. The van der Waals surface area contributed by atoms with Gasteiger partial charge in [-0.05, 0) is 12.1 Å². The summed E-state index contributed by atoms with van der Waals surface area (Å²) in [6.45, 7) is -0.110. The van der Waals surface area contributed by atoms with Crippen molar-refractivity contribution in [2.75, 3.05) is 7.05 Å². The molecule has 0 amide bonds. The maximum atomic E-state index is 13.5. The number of nitrogens with one attached hydrogen (secondary N) is 1. The minimum atomic E-state index is -4.28. The van der Waals surface area contributed by atoms with Gasteiger partial charge in [-0.1, -0.05) is 0 Å². The maximum absolute atomic E-state index is 13.5. The van der Waals surface area contributed by atoms with E-state index in [0.717, 1.165) is 4.31 Å². The highest BCUT2D eigenvalue weighted by Gasteiger charge is 2.26. The summed E-state index contributed by atoms with van der Waals surface area (Å²) in [4.78, 5) is -0.918. The average molecular weight is 305 g/mol. The maximum Gasteiger partial charge on any atom is 0.246 e. The molecule has 1 aromatic carbocycles. The second-order valence-electron chi connectivity index (χ2n) is 4.04. The highest BCUT2D eigenvalue weighted by molar-refractivity contribution is 7.89. The average Bonchev–Trinajstić information content (AvgIpc) is 2.86. The van der Waals surface area contributed by atoms with Crippen molar-refractivity contribution in [3.63, 3.8) is 0 Å². The van der Waals surface area contributed by atoms with Crippen molar-refractivity contribution >= 4 is 10.0 Å². The quantitative estimate of drug-likeness (QED) is 0.873. The number of rotatable bonds is 4. The molecule has 9 heteroatoms. The van der Waals surface area contributed by atoms with E-state index in [-0.39, 0.29) is 12.6 Å². The zero-order valence-electron chi connectivity index (χ0n) is 10.3. The molecule has 5 nitrogen and oxygen atoms in total. The first kappa shape index (κ1) is 14.5. The number of H-pyrrole nitrogens is 1. The van der Waals surface area contributed by atoms with E-state index in [1.807, 2.05) is 0 Å². The first-order valence-electron chi connectivity index (χ1n) is 5.41.